The Morgan fingerprint density at radius 2 is 1.96 bits per heavy atom. The predicted molar refractivity (Wildman–Crippen MR) is 106 cm³/mol. The van der Waals surface area contributed by atoms with Crippen molar-refractivity contribution in [2.75, 3.05) is 19.0 Å². The molecule has 6 nitrogen and oxygen atoms in total. The second-order valence-corrected chi connectivity index (χ2v) is 6.50. The number of anilines is 1. The normalized spacial score (nSPS) is 18.9. The van der Waals surface area contributed by atoms with E-state index in [9.17, 15) is 0 Å². The quantitative estimate of drug-likeness (QED) is 0.702. The Morgan fingerprint density at radius 1 is 1.11 bits per heavy atom. The number of rotatable bonds is 6. The summed E-state index contributed by atoms with van der Waals surface area (Å²) in [5, 5.41) is 17.6. The zero-order valence-corrected chi connectivity index (χ0v) is 15.1. The molecule has 0 saturated carbocycles. The maximum atomic E-state index is 5.85. The molecule has 0 aliphatic heterocycles. The van der Waals surface area contributed by atoms with Gasteiger partial charge in [0, 0.05) is 31.3 Å². The predicted octanol–water partition coefficient (Wildman–Crippen LogP) is 3.71. The minimum Gasteiger partial charge on any atom is -0.382 e. The van der Waals surface area contributed by atoms with Crippen molar-refractivity contribution in [2.24, 2.45) is 0 Å². The van der Waals surface area contributed by atoms with Crippen LogP contribution in [0, 0.1) is 0 Å². The van der Waals surface area contributed by atoms with Crippen molar-refractivity contribution < 1.29 is 4.74 Å². The van der Waals surface area contributed by atoms with Crippen LogP contribution in [0.5, 0.6) is 0 Å². The highest BCUT2D eigenvalue weighted by molar-refractivity contribution is 5.75. The minimum absolute atomic E-state index is 0.375. The van der Waals surface area contributed by atoms with Gasteiger partial charge in [0.1, 0.15) is 5.60 Å². The molecule has 6 heteroatoms. The Kier molecular flexibility index (Phi) is 4.80. The lowest BCUT2D eigenvalue weighted by atomic mass is 9.89. The summed E-state index contributed by atoms with van der Waals surface area (Å²) in [6.45, 7) is 0.661. The number of allylic oxidation sites excluding steroid dienone is 2. The molecule has 1 unspecified atom stereocenters. The molecule has 3 aromatic rings. The van der Waals surface area contributed by atoms with Crippen molar-refractivity contribution in [1.82, 2.24) is 20.6 Å². The summed E-state index contributed by atoms with van der Waals surface area (Å²) in [4.78, 5) is 0. The van der Waals surface area contributed by atoms with Gasteiger partial charge in [0.25, 0.3) is 0 Å². The summed E-state index contributed by atoms with van der Waals surface area (Å²) < 4.78 is 5.85. The van der Waals surface area contributed by atoms with Gasteiger partial charge in [0.2, 0.25) is 5.82 Å². The van der Waals surface area contributed by atoms with Gasteiger partial charge in [0.15, 0.2) is 0 Å². The highest BCUT2D eigenvalue weighted by atomic mass is 16.5. The van der Waals surface area contributed by atoms with E-state index in [2.05, 4.69) is 68.4 Å². The average Bonchev–Trinajstić information content (AvgIpc) is 3.29. The third kappa shape index (κ3) is 3.80. The zero-order valence-electron chi connectivity index (χ0n) is 15.1. The third-order valence-electron chi connectivity index (χ3n) is 4.81. The Bertz CT molecular complexity index is 950. The molecule has 2 N–H and O–H groups in total. The number of ether oxygens (including phenoxy) is 1. The number of aromatic amines is 1. The van der Waals surface area contributed by atoms with Crippen LogP contribution in [0.3, 0.4) is 0 Å². The van der Waals surface area contributed by atoms with Crippen molar-refractivity contribution in [3.8, 4) is 11.4 Å². The van der Waals surface area contributed by atoms with E-state index in [-0.39, 0.29) is 5.60 Å². The van der Waals surface area contributed by atoms with E-state index in [1.807, 2.05) is 30.3 Å². The van der Waals surface area contributed by atoms with Crippen LogP contribution in [0.15, 0.2) is 72.8 Å². The first-order chi connectivity index (χ1) is 13.3. The van der Waals surface area contributed by atoms with Gasteiger partial charge in [-0.05, 0) is 28.5 Å². The molecule has 0 bridgehead atoms. The minimum atomic E-state index is -0.375. The van der Waals surface area contributed by atoms with E-state index >= 15 is 0 Å². The van der Waals surface area contributed by atoms with Crippen LogP contribution in [-0.4, -0.2) is 39.9 Å². The second-order valence-electron chi connectivity index (χ2n) is 6.50. The van der Waals surface area contributed by atoms with E-state index < -0.39 is 0 Å². The molecule has 0 radical (unpaired) electrons. The molecule has 4 rings (SSSR count). The first-order valence-electron chi connectivity index (χ1n) is 8.86. The fraction of sp³-hybridized carbons (Fsp3) is 0.190. The molecular formula is C21H21N5O. The molecular weight excluding hydrogens is 338 g/mol. The van der Waals surface area contributed by atoms with E-state index in [0.717, 1.165) is 17.7 Å². The lowest BCUT2D eigenvalue weighted by Gasteiger charge is -2.31. The van der Waals surface area contributed by atoms with E-state index in [4.69, 9.17) is 4.74 Å². The van der Waals surface area contributed by atoms with Crippen LogP contribution >= 0.6 is 0 Å². The number of nitrogens with zero attached hydrogens (tertiary/aromatic N) is 3. The molecule has 0 saturated heterocycles. The number of hydrogen-bond acceptors (Lipinski definition) is 5. The molecule has 0 spiro atoms. The monoisotopic (exact) mass is 359 g/mol. The largest absolute Gasteiger partial charge is 0.382 e. The molecule has 1 aromatic heterocycles. The van der Waals surface area contributed by atoms with Crippen molar-refractivity contribution in [1.29, 1.82) is 0 Å². The molecule has 0 fully saturated rings. The Hall–Kier alpha value is -3.25. The number of aromatic nitrogens is 4. The summed E-state index contributed by atoms with van der Waals surface area (Å²) >= 11 is 0. The number of nitrogens with one attached hydrogen (secondary N) is 2. The van der Waals surface area contributed by atoms with Gasteiger partial charge in [0.05, 0.1) is 0 Å². The number of methoxy groups -OCH3 is 1. The number of hydrogen-bond donors (Lipinski definition) is 2. The van der Waals surface area contributed by atoms with Crippen LogP contribution in [0.4, 0.5) is 5.69 Å². The second kappa shape index (κ2) is 7.55. The molecule has 1 aliphatic rings. The van der Waals surface area contributed by atoms with Gasteiger partial charge in [-0.1, -0.05) is 60.7 Å². The Morgan fingerprint density at radius 3 is 2.67 bits per heavy atom. The third-order valence-corrected chi connectivity index (χ3v) is 4.81. The van der Waals surface area contributed by atoms with E-state index in [1.54, 1.807) is 7.11 Å². The summed E-state index contributed by atoms with van der Waals surface area (Å²) in [5.74, 6) is 0.577. The van der Waals surface area contributed by atoms with Gasteiger partial charge in [-0.15, -0.1) is 10.2 Å². The van der Waals surface area contributed by atoms with Crippen molar-refractivity contribution in [2.45, 2.75) is 12.0 Å². The van der Waals surface area contributed by atoms with E-state index in [0.29, 0.717) is 12.4 Å². The van der Waals surface area contributed by atoms with Crippen molar-refractivity contribution >= 4 is 11.3 Å². The number of H-pyrrole nitrogens is 1. The standard InChI is InChI=1S/C21H21N5O/c1-27-21(12-10-17(11-13-21)16-6-3-2-4-7-16)15-22-19-9-5-8-18(14-19)20-23-25-26-24-20/h2-12,14,22H,13,15H2,1H3,(H,23,24,25,26). The van der Waals surface area contributed by atoms with Crippen molar-refractivity contribution in [3.63, 3.8) is 0 Å². The summed E-state index contributed by atoms with van der Waals surface area (Å²) in [6.07, 6.45) is 7.32. The first-order valence-corrected chi connectivity index (χ1v) is 8.86. The highest BCUT2D eigenvalue weighted by Gasteiger charge is 2.28. The van der Waals surface area contributed by atoms with Crippen molar-refractivity contribution in [3.05, 3.63) is 78.4 Å². The van der Waals surface area contributed by atoms with Gasteiger partial charge in [-0.3, -0.25) is 0 Å². The molecule has 0 amide bonds. The van der Waals surface area contributed by atoms with E-state index in [1.165, 1.54) is 11.1 Å². The average molecular weight is 359 g/mol. The topological polar surface area (TPSA) is 75.7 Å². The lowest BCUT2D eigenvalue weighted by molar-refractivity contribution is 0.0455. The molecule has 27 heavy (non-hydrogen) atoms. The fourth-order valence-electron chi connectivity index (χ4n) is 3.16. The summed E-state index contributed by atoms with van der Waals surface area (Å²) in [6, 6.07) is 18.3. The lowest BCUT2D eigenvalue weighted by Crippen LogP contribution is -2.37. The molecule has 2 aromatic carbocycles. The fourth-order valence-corrected chi connectivity index (χ4v) is 3.16. The Balaban J connectivity index is 1.45. The SMILES string of the molecule is COC1(CNc2cccc(-c3nn[nH]n3)c2)C=CC(c2ccccc2)=CC1. The molecule has 1 aliphatic carbocycles. The maximum absolute atomic E-state index is 5.85. The van der Waals surface area contributed by atoms with Crippen LogP contribution in [0.2, 0.25) is 0 Å². The summed E-state index contributed by atoms with van der Waals surface area (Å²) in [5.41, 5.74) is 3.97. The first kappa shape index (κ1) is 17.2. The zero-order chi connectivity index (χ0) is 18.5. The van der Waals surface area contributed by atoms with Gasteiger partial charge in [-0.2, -0.15) is 5.21 Å². The van der Waals surface area contributed by atoms with Gasteiger partial charge < -0.3 is 10.1 Å². The van der Waals surface area contributed by atoms with Gasteiger partial charge >= 0.3 is 0 Å². The number of benzene rings is 2. The van der Waals surface area contributed by atoms with Crippen LogP contribution in [0.25, 0.3) is 17.0 Å². The Labute approximate surface area is 158 Å². The maximum Gasteiger partial charge on any atom is 0.204 e. The number of tetrazole rings is 1. The highest BCUT2D eigenvalue weighted by Crippen LogP contribution is 2.30. The molecule has 136 valence electrons. The van der Waals surface area contributed by atoms with Crippen LogP contribution in [-0.2, 0) is 4.74 Å². The summed E-state index contributed by atoms with van der Waals surface area (Å²) in [7, 11) is 1.75. The smallest absolute Gasteiger partial charge is 0.204 e. The van der Waals surface area contributed by atoms with Gasteiger partial charge in [-0.25, -0.2) is 0 Å². The van der Waals surface area contributed by atoms with Crippen LogP contribution in [0.1, 0.15) is 12.0 Å². The van der Waals surface area contributed by atoms with Crippen LogP contribution < -0.4 is 5.32 Å². The molecule has 1 heterocycles. The molecule has 1 atom stereocenters.